The Hall–Kier alpha value is -3.33. The van der Waals surface area contributed by atoms with Crippen LogP contribution in [0.2, 0.25) is 0 Å². The molecule has 2 heterocycles. The minimum absolute atomic E-state index is 0.0625. The van der Waals surface area contributed by atoms with Crippen molar-refractivity contribution >= 4 is 23.5 Å². The van der Waals surface area contributed by atoms with Gasteiger partial charge in [-0.15, -0.1) is 11.8 Å². The smallest absolute Gasteiger partial charge is 0.235 e. The van der Waals surface area contributed by atoms with Gasteiger partial charge < -0.3 is 24.6 Å². The van der Waals surface area contributed by atoms with Crippen molar-refractivity contribution in [2.45, 2.75) is 12.2 Å². The number of aromatic hydroxyl groups is 1. The van der Waals surface area contributed by atoms with E-state index < -0.39 is 0 Å². The lowest BCUT2D eigenvalue weighted by atomic mass is 10.0. The highest BCUT2D eigenvalue weighted by Crippen LogP contribution is 2.48. The van der Waals surface area contributed by atoms with Gasteiger partial charge in [-0.3, -0.25) is 4.79 Å². The molecule has 1 aliphatic heterocycles. The first-order chi connectivity index (χ1) is 15.0. The van der Waals surface area contributed by atoms with Gasteiger partial charge in [0, 0.05) is 5.56 Å². The van der Waals surface area contributed by atoms with E-state index in [0.717, 1.165) is 28.3 Å². The van der Waals surface area contributed by atoms with Crippen molar-refractivity contribution in [1.82, 2.24) is 9.78 Å². The molecule has 1 aromatic heterocycles. The topological polar surface area (TPSA) is 94.8 Å². The van der Waals surface area contributed by atoms with Gasteiger partial charge >= 0.3 is 0 Å². The molecule has 162 valence electrons. The summed E-state index contributed by atoms with van der Waals surface area (Å²) in [4.78, 5) is 12.5. The molecule has 3 aromatic rings. The van der Waals surface area contributed by atoms with E-state index in [-0.39, 0.29) is 22.7 Å². The molecule has 0 saturated heterocycles. The number of nitrogens with one attached hydrogen (secondary N) is 1. The maximum Gasteiger partial charge on any atom is 0.235 e. The van der Waals surface area contributed by atoms with Crippen molar-refractivity contribution in [3.05, 3.63) is 53.2 Å². The summed E-state index contributed by atoms with van der Waals surface area (Å²) in [5.74, 6) is 2.06. The number of benzene rings is 2. The van der Waals surface area contributed by atoms with Crippen molar-refractivity contribution in [2.24, 2.45) is 0 Å². The number of methoxy groups -OCH3 is 3. The molecule has 0 aliphatic carbocycles. The Bertz CT molecular complexity index is 1100. The Morgan fingerprint density at radius 3 is 2.32 bits per heavy atom. The molecule has 0 radical (unpaired) electrons. The molecular weight excluding hydrogens is 418 g/mol. The van der Waals surface area contributed by atoms with Crippen molar-refractivity contribution in [3.8, 4) is 28.7 Å². The summed E-state index contributed by atoms with van der Waals surface area (Å²) >= 11 is 1.48. The Kier molecular flexibility index (Phi) is 5.69. The summed E-state index contributed by atoms with van der Waals surface area (Å²) in [6.07, 6.45) is 0. The van der Waals surface area contributed by atoms with Gasteiger partial charge in [0.2, 0.25) is 11.7 Å². The monoisotopic (exact) mass is 441 g/mol. The second kappa shape index (κ2) is 8.43. The third kappa shape index (κ3) is 3.76. The van der Waals surface area contributed by atoms with Gasteiger partial charge in [0.15, 0.2) is 11.5 Å². The van der Waals surface area contributed by atoms with Crippen LogP contribution in [0, 0.1) is 6.92 Å². The molecule has 4 rings (SSSR count). The van der Waals surface area contributed by atoms with Crippen LogP contribution in [0.15, 0.2) is 36.4 Å². The Morgan fingerprint density at radius 2 is 1.74 bits per heavy atom. The quantitative estimate of drug-likeness (QED) is 0.624. The summed E-state index contributed by atoms with van der Waals surface area (Å²) in [6.45, 7) is 1.92. The molecule has 0 unspecified atom stereocenters. The van der Waals surface area contributed by atoms with Crippen LogP contribution in [0.5, 0.6) is 23.0 Å². The van der Waals surface area contributed by atoms with Gasteiger partial charge in [-0.1, -0.05) is 0 Å². The van der Waals surface area contributed by atoms with Crippen molar-refractivity contribution in [1.29, 1.82) is 0 Å². The van der Waals surface area contributed by atoms with E-state index in [9.17, 15) is 9.90 Å². The molecule has 0 fully saturated rings. The van der Waals surface area contributed by atoms with Crippen LogP contribution in [0.4, 0.5) is 5.82 Å². The number of hydrogen-bond acceptors (Lipinski definition) is 7. The number of phenols is 1. The number of carbonyl (C=O) groups is 1. The summed E-state index contributed by atoms with van der Waals surface area (Å²) in [7, 11) is 4.59. The van der Waals surface area contributed by atoms with E-state index in [0.29, 0.717) is 17.3 Å². The zero-order valence-electron chi connectivity index (χ0n) is 17.6. The van der Waals surface area contributed by atoms with E-state index in [1.807, 2.05) is 31.2 Å². The maximum atomic E-state index is 12.5. The molecule has 0 saturated carbocycles. The zero-order chi connectivity index (χ0) is 22.1. The number of phenolic OH excluding ortho intramolecular Hbond substituents is 1. The van der Waals surface area contributed by atoms with Crippen LogP contribution in [-0.2, 0) is 4.79 Å². The highest BCUT2D eigenvalue weighted by molar-refractivity contribution is 8.00. The third-order valence-corrected chi connectivity index (χ3v) is 6.40. The number of ether oxygens (including phenoxy) is 3. The van der Waals surface area contributed by atoms with Gasteiger partial charge in [-0.2, -0.15) is 5.10 Å². The second-order valence-electron chi connectivity index (χ2n) is 6.97. The fraction of sp³-hybridized carbons (Fsp3) is 0.273. The molecule has 9 heteroatoms. The number of aryl methyl sites for hydroxylation is 1. The van der Waals surface area contributed by atoms with Crippen LogP contribution < -0.4 is 19.5 Å². The van der Waals surface area contributed by atoms with Crippen LogP contribution in [0.3, 0.4) is 0 Å². The highest BCUT2D eigenvalue weighted by atomic mass is 32.2. The molecule has 31 heavy (non-hydrogen) atoms. The number of rotatable bonds is 5. The highest BCUT2D eigenvalue weighted by Gasteiger charge is 2.31. The Morgan fingerprint density at radius 1 is 1.10 bits per heavy atom. The largest absolute Gasteiger partial charge is 0.502 e. The van der Waals surface area contributed by atoms with Crippen molar-refractivity contribution < 1.29 is 24.1 Å². The number of fused-ring (bicyclic) bond motifs is 1. The first-order valence-corrected chi connectivity index (χ1v) is 10.6. The standard InChI is InChI=1S/C22H23N3O5S/c1-12-19-21(13-9-16(29-3)20(27)17(10-13)30-4)31-11-18(26)23-22(19)25(24-12)14-5-7-15(28-2)8-6-14/h5-10,21,27H,11H2,1-4H3,(H,23,26)/t21-/m0/s1. The van der Waals surface area contributed by atoms with E-state index in [1.54, 1.807) is 23.9 Å². The summed E-state index contributed by atoms with van der Waals surface area (Å²) in [5, 5.41) is 17.8. The number of amides is 1. The van der Waals surface area contributed by atoms with Crippen molar-refractivity contribution in [2.75, 3.05) is 32.4 Å². The number of thioether (sulfide) groups is 1. The SMILES string of the molecule is COc1ccc(-n2nc(C)c3c2NC(=O)CS[C@H]3c2cc(OC)c(O)c(OC)c2)cc1. The molecule has 2 aromatic carbocycles. The summed E-state index contributed by atoms with van der Waals surface area (Å²) in [5.41, 5.74) is 3.32. The zero-order valence-corrected chi connectivity index (χ0v) is 18.4. The van der Waals surface area contributed by atoms with Crippen LogP contribution in [0.1, 0.15) is 22.1 Å². The van der Waals surface area contributed by atoms with E-state index in [1.165, 1.54) is 26.0 Å². The number of aromatic nitrogens is 2. The molecule has 0 spiro atoms. The van der Waals surface area contributed by atoms with Gasteiger partial charge in [0.05, 0.1) is 43.7 Å². The lowest BCUT2D eigenvalue weighted by Crippen LogP contribution is -2.15. The predicted octanol–water partition coefficient (Wildman–Crippen LogP) is 3.69. The average Bonchev–Trinajstić information content (AvgIpc) is 2.98. The van der Waals surface area contributed by atoms with Gasteiger partial charge in [0.25, 0.3) is 0 Å². The summed E-state index contributed by atoms with van der Waals surface area (Å²) in [6, 6.07) is 11.0. The molecule has 0 bridgehead atoms. The predicted molar refractivity (Wildman–Crippen MR) is 119 cm³/mol. The van der Waals surface area contributed by atoms with Gasteiger partial charge in [-0.05, 0) is 48.9 Å². The maximum absolute atomic E-state index is 12.5. The average molecular weight is 442 g/mol. The lowest BCUT2D eigenvalue weighted by Gasteiger charge is -2.18. The Balaban J connectivity index is 1.87. The molecule has 2 N–H and O–H groups in total. The number of anilines is 1. The first kappa shape index (κ1) is 20.9. The fourth-order valence-electron chi connectivity index (χ4n) is 3.62. The first-order valence-electron chi connectivity index (χ1n) is 9.57. The van der Waals surface area contributed by atoms with Crippen LogP contribution >= 0.6 is 11.8 Å². The second-order valence-corrected chi connectivity index (χ2v) is 8.06. The molecular formula is C22H23N3O5S. The third-order valence-electron chi connectivity index (χ3n) is 5.13. The van der Waals surface area contributed by atoms with Crippen molar-refractivity contribution in [3.63, 3.8) is 0 Å². The summed E-state index contributed by atoms with van der Waals surface area (Å²) < 4.78 is 17.6. The van der Waals surface area contributed by atoms with Crippen LogP contribution in [-0.4, -0.2) is 47.9 Å². The molecule has 1 atom stereocenters. The lowest BCUT2D eigenvalue weighted by molar-refractivity contribution is -0.113. The number of hydrogen-bond donors (Lipinski definition) is 2. The molecule has 1 amide bonds. The Labute approximate surface area is 184 Å². The minimum Gasteiger partial charge on any atom is -0.502 e. The van der Waals surface area contributed by atoms with E-state index in [4.69, 9.17) is 19.3 Å². The molecule has 1 aliphatic rings. The van der Waals surface area contributed by atoms with E-state index in [2.05, 4.69) is 5.32 Å². The van der Waals surface area contributed by atoms with Crippen LogP contribution in [0.25, 0.3) is 5.69 Å². The fourth-order valence-corrected chi connectivity index (χ4v) is 4.79. The minimum atomic E-state index is -0.218. The number of nitrogens with zero attached hydrogens (tertiary/aromatic N) is 2. The normalized spacial score (nSPS) is 15.6. The van der Waals surface area contributed by atoms with Gasteiger partial charge in [0.1, 0.15) is 11.6 Å². The molecule has 8 nitrogen and oxygen atoms in total. The van der Waals surface area contributed by atoms with Gasteiger partial charge in [-0.25, -0.2) is 4.68 Å². The number of carbonyl (C=O) groups excluding carboxylic acids is 1. The van der Waals surface area contributed by atoms with E-state index >= 15 is 0 Å².